The minimum atomic E-state index is -0.854. The summed E-state index contributed by atoms with van der Waals surface area (Å²) in [5, 5.41) is 2.43. The number of nitrogens with one attached hydrogen (secondary N) is 1. The van der Waals surface area contributed by atoms with Crippen LogP contribution in [-0.2, 0) is 20.7 Å². The van der Waals surface area contributed by atoms with E-state index in [4.69, 9.17) is 16.3 Å². The van der Waals surface area contributed by atoms with E-state index in [-0.39, 0.29) is 16.4 Å². The van der Waals surface area contributed by atoms with Crippen molar-refractivity contribution in [2.24, 2.45) is 0 Å². The Morgan fingerprint density at radius 2 is 1.85 bits per heavy atom. The largest absolute Gasteiger partial charge is 0.452 e. The number of carbonyl (C=O) groups excluding carboxylic acids is 3. The minimum absolute atomic E-state index is 0.0479. The SMILES string of the molecule is CC(=O)[C@H](Cc1ccccc1)NC(=O)COC(=O)c1ccc(F)cc1Cl. The molecular weight excluding hydrogens is 361 g/mol. The van der Waals surface area contributed by atoms with Gasteiger partial charge < -0.3 is 10.1 Å². The van der Waals surface area contributed by atoms with E-state index >= 15 is 0 Å². The van der Waals surface area contributed by atoms with Gasteiger partial charge in [-0.05, 0) is 37.1 Å². The molecule has 0 aromatic heterocycles. The fraction of sp³-hybridized carbons (Fsp3) is 0.211. The first-order chi connectivity index (χ1) is 12.4. The normalized spacial score (nSPS) is 11.5. The van der Waals surface area contributed by atoms with Crippen molar-refractivity contribution < 1.29 is 23.5 Å². The van der Waals surface area contributed by atoms with Crippen LogP contribution < -0.4 is 5.32 Å². The Morgan fingerprint density at radius 1 is 1.15 bits per heavy atom. The summed E-state index contributed by atoms with van der Waals surface area (Å²) in [5.74, 6) is -2.27. The molecule has 136 valence electrons. The number of hydrogen-bond acceptors (Lipinski definition) is 4. The first-order valence-corrected chi connectivity index (χ1v) is 8.20. The number of esters is 1. The molecule has 0 aliphatic heterocycles. The molecule has 0 radical (unpaired) electrons. The van der Waals surface area contributed by atoms with Gasteiger partial charge in [-0.1, -0.05) is 41.9 Å². The zero-order chi connectivity index (χ0) is 19.1. The quantitative estimate of drug-likeness (QED) is 0.753. The van der Waals surface area contributed by atoms with E-state index in [2.05, 4.69) is 5.32 Å². The van der Waals surface area contributed by atoms with Gasteiger partial charge in [0.1, 0.15) is 5.82 Å². The predicted molar refractivity (Wildman–Crippen MR) is 94.5 cm³/mol. The highest BCUT2D eigenvalue weighted by molar-refractivity contribution is 6.33. The Morgan fingerprint density at radius 3 is 2.46 bits per heavy atom. The van der Waals surface area contributed by atoms with Crippen LogP contribution in [0, 0.1) is 5.82 Å². The van der Waals surface area contributed by atoms with Gasteiger partial charge in [0, 0.05) is 0 Å². The number of ether oxygens (including phenoxy) is 1. The van der Waals surface area contributed by atoms with Crippen molar-refractivity contribution >= 4 is 29.3 Å². The third-order valence-electron chi connectivity index (χ3n) is 3.59. The van der Waals surface area contributed by atoms with E-state index in [0.717, 1.165) is 17.7 Å². The number of ketones is 1. The summed E-state index contributed by atoms with van der Waals surface area (Å²) in [7, 11) is 0. The van der Waals surface area contributed by atoms with Crippen LogP contribution >= 0.6 is 11.6 Å². The van der Waals surface area contributed by atoms with E-state index in [9.17, 15) is 18.8 Å². The maximum absolute atomic E-state index is 13.0. The van der Waals surface area contributed by atoms with Crippen molar-refractivity contribution in [1.82, 2.24) is 5.32 Å². The Labute approximate surface area is 155 Å². The van der Waals surface area contributed by atoms with E-state index in [1.807, 2.05) is 30.3 Å². The molecule has 0 bridgehead atoms. The summed E-state index contributed by atoms with van der Waals surface area (Å²) in [4.78, 5) is 35.6. The maximum Gasteiger partial charge on any atom is 0.340 e. The van der Waals surface area contributed by atoms with Crippen molar-refractivity contribution in [3.8, 4) is 0 Å². The zero-order valence-corrected chi connectivity index (χ0v) is 14.8. The fourth-order valence-corrected chi connectivity index (χ4v) is 2.49. The number of carbonyl (C=O) groups is 3. The molecule has 26 heavy (non-hydrogen) atoms. The van der Waals surface area contributed by atoms with Crippen LogP contribution in [0.25, 0.3) is 0 Å². The van der Waals surface area contributed by atoms with Crippen LogP contribution in [0.3, 0.4) is 0 Å². The minimum Gasteiger partial charge on any atom is -0.452 e. The van der Waals surface area contributed by atoms with Crippen molar-refractivity contribution in [3.05, 3.63) is 70.5 Å². The number of rotatable bonds is 7. The summed E-state index contributed by atoms with van der Waals surface area (Å²) in [6.07, 6.45) is 0.333. The van der Waals surface area contributed by atoms with Gasteiger partial charge in [0.05, 0.1) is 16.6 Å². The third-order valence-corrected chi connectivity index (χ3v) is 3.91. The Hall–Kier alpha value is -2.73. The van der Waals surface area contributed by atoms with Gasteiger partial charge in [0.25, 0.3) is 5.91 Å². The Bertz CT molecular complexity index is 810. The molecule has 0 aliphatic rings. The molecule has 2 aromatic carbocycles. The monoisotopic (exact) mass is 377 g/mol. The smallest absolute Gasteiger partial charge is 0.340 e. The van der Waals surface area contributed by atoms with Crippen LogP contribution in [0.4, 0.5) is 4.39 Å². The summed E-state index contributed by atoms with van der Waals surface area (Å²) < 4.78 is 17.9. The second-order valence-electron chi connectivity index (χ2n) is 5.62. The Kier molecular flexibility index (Phi) is 6.86. The molecule has 0 spiro atoms. The highest BCUT2D eigenvalue weighted by Gasteiger charge is 2.19. The molecule has 1 atom stereocenters. The van der Waals surface area contributed by atoms with E-state index in [1.54, 1.807) is 0 Å². The van der Waals surface area contributed by atoms with Crippen LogP contribution in [0.1, 0.15) is 22.8 Å². The molecule has 0 fully saturated rings. The molecule has 5 nitrogen and oxygen atoms in total. The van der Waals surface area contributed by atoms with Crippen molar-refractivity contribution in [2.45, 2.75) is 19.4 Å². The average molecular weight is 378 g/mol. The fourth-order valence-electron chi connectivity index (χ4n) is 2.25. The standard InChI is InChI=1S/C19H17ClFNO4/c1-12(23)17(9-13-5-3-2-4-6-13)22-18(24)11-26-19(25)15-8-7-14(21)10-16(15)20/h2-8,10,17H,9,11H2,1H3,(H,22,24)/t17-/m0/s1. The van der Waals surface area contributed by atoms with Gasteiger partial charge in [-0.15, -0.1) is 0 Å². The van der Waals surface area contributed by atoms with Crippen molar-refractivity contribution in [3.63, 3.8) is 0 Å². The molecule has 2 aromatic rings. The van der Waals surface area contributed by atoms with E-state index in [0.29, 0.717) is 6.42 Å². The molecule has 0 unspecified atom stereocenters. The second kappa shape index (κ2) is 9.10. The van der Waals surface area contributed by atoms with E-state index in [1.165, 1.54) is 13.0 Å². The third kappa shape index (κ3) is 5.67. The lowest BCUT2D eigenvalue weighted by Crippen LogP contribution is -2.43. The molecule has 7 heteroatoms. The van der Waals surface area contributed by atoms with Gasteiger partial charge in [-0.2, -0.15) is 0 Å². The lowest BCUT2D eigenvalue weighted by molar-refractivity contribution is -0.128. The number of halogens is 2. The summed E-state index contributed by atoms with van der Waals surface area (Å²) in [6.45, 7) is 0.795. The number of hydrogen-bond donors (Lipinski definition) is 1. The first-order valence-electron chi connectivity index (χ1n) is 7.82. The lowest BCUT2D eigenvalue weighted by Gasteiger charge is -2.16. The van der Waals surface area contributed by atoms with E-state index < -0.39 is 30.3 Å². The van der Waals surface area contributed by atoms with Gasteiger partial charge in [0.15, 0.2) is 12.4 Å². The molecule has 0 heterocycles. The first kappa shape index (κ1) is 19.6. The van der Waals surface area contributed by atoms with Gasteiger partial charge in [-0.25, -0.2) is 9.18 Å². The summed E-state index contributed by atoms with van der Waals surface area (Å²) >= 11 is 5.77. The predicted octanol–water partition coefficient (Wildman–Crippen LogP) is 2.95. The Balaban J connectivity index is 1.91. The van der Waals surface area contributed by atoms with Crippen LogP contribution in [0.15, 0.2) is 48.5 Å². The van der Waals surface area contributed by atoms with Crippen molar-refractivity contribution in [1.29, 1.82) is 0 Å². The molecule has 2 rings (SSSR count). The highest BCUT2D eigenvalue weighted by Crippen LogP contribution is 2.18. The average Bonchev–Trinajstić information content (AvgIpc) is 2.60. The summed E-state index contributed by atoms with van der Waals surface area (Å²) in [5.41, 5.74) is 0.844. The second-order valence-corrected chi connectivity index (χ2v) is 6.03. The van der Waals surface area contributed by atoms with Crippen LogP contribution in [0.2, 0.25) is 5.02 Å². The van der Waals surface area contributed by atoms with Gasteiger partial charge in [0.2, 0.25) is 0 Å². The molecular formula is C19H17ClFNO4. The van der Waals surface area contributed by atoms with Crippen LogP contribution in [-0.4, -0.2) is 30.3 Å². The highest BCUT2D eigenvalue weighted by atomic mass is 35.5. The number of Topliss-reactive ketones (excluding diaryl/α,β-unsaturated/α-hetero) is 1. The van der Waals surface area contributed by atoms with Gasteiger partial charge >= 0.3 is 5.97 Å². The molecule has 0 saturated heterocycles. The zero-order valence-electron chi connectivity index (χ0n) is 14.0. The summed E-state index contributed by atoms with van der Waals surface area (Å²) in [6, 6.07) is 11.7. The molecule has 1 N–H and O–H groups in total. The van der Waals surface area contributed by atoms with Crippen LogP contribution in [0.5, 0.6) is 0 Å². The number of amides is 1. The lowest BCUT2D eigenvalue weighted by atomic mass is 10.0. The van der Waals surface area contributed by atoms with Gasteiger partial charge in [-0.3, -0.25) is 9.59 Å². The molecule has 1 amide bonds. The number of benzene rings is 2. The maximum atomic E-state index is 13.0. The van der Waals surface area contributed by atoms with Crippen molar-refractivity contribution in [2.75, 3.05) is 6.61 Å². The topological polar surface area (TPSA) is 72.5 Å². The molecule has 0 aliphatic carbocycles. The molecule has 0 saturated carbocycles.